The Hall–Kier alpha value is -1.74. The molecule has 0 spiro atoms. The summed E-state index contributed by atoms with van der Waals surface area (Å²) >= 11 is 5.74. The molecule has 3 nitrogen and oxygen atoms in total. The summed E-state index contributed by atoms with van der Waals surface area (Å²) < 4.78 is 10.9. The molecule has 0 fully saturated rings. The minimum Gasteiger partial charge on any atom is -0.494 e. The lowest BCUT2D eigenvalue weighted by Crippen LogP contribution is -1.91. The molecule has 0 N–H and O–H groups in total. The van der Waals surface area contributed by atoms with Crippen molar-refractivity contribution in [2.75, 3.05) is 6.61 Å². The Kier molecular flexibility index (Phi) is 3.83. The Labute approximate surface area is 105 Å². The molecule has 0 amide bonds. The predicted octanol–water partition coefficient (Wildman–Crippen LogP) is 3.93. The van der Waals surface area contributed by atoms with Crippen molar-refractivity contribution in [2.24, 2.45) is 0 Å². The van der Waals surface area contributed by atoms with Crippen molar-refractivity contribution in [3.05, 3.63) is 47.6 Å². The van der Waals surface area contributed by atoms with E-state index in [9.17, 15) is 0 Å². The van der Waals surface area contributed by atoms with Gasteiger partial charge in [0.2, 0.25) is 5.88 Å². The molecule has 0 atom stereocenters. The molecular formula is C13H12ClNO2. The fourth-order valence-corrected chi connectivity index (χ4v) is 1.43. The number of halogens is 1. The third kappa shape index (κ3) is 3.36. The number of benzene rings is 1. The molecule has 1 aromatic heterocycles. The van der Waals surface area contributed by atoms with Crippen molar-refractivity contribution in [3.8, 4) is 17.4 Å². The molecule has 0 bridgehead atoms. The minimum atomic E-state index is 0.513. The van der Waals surface area contributed by atoms with E-state index in [2.05, 4.69) is 4.98 Å². The maximum Gasteiger partial charge on any atom is 0.219 e. The lowest BCUT2D eigenvalue weighted by Gasteiger charge is -2.06. The number of ether oxygens (including phenoxy) is 2. The van der Waals surface area contributed by atoms with Crippen LogP contribution in [-0.2, 0) is 0 Å². The number of nitrogens with zero attached hydrogens (tertiary/aromatic N) is 1. The van der Waals surface area contributed by atoms with E-state index in [4.69, 9.17) is 21.1 Å². The van der Waals surface area contributed by atoms with Crippen molar-refractivity contribution >= 4 is 11.6 Å². The zero-order valence-electron chi connectivity index (χ0n) is 9.39. The van der Waals surface area contributed by atoms with Gasteiger partial charge in [-0.1, -0.05) is 11.6 Å². The summed E-state index contributed by atoms with van der Waals surface area (Å²) in [7, 11) is 0. The second kappa shape index (κ2) is 5.55. The lowest BCUT2D eigenvalue weighted by molar-refractivity contribution is 0.339. The van der Waals surface area contributed by atoms with Gasteiger partial charge in [0.25, 0.3) is 0 Å². The molecule has 0 aliphatic rings. The van der Waals surface area contributed by atoms with Crippen LogP contribution in [0.5, 0.6) is 17.4 Å². The number of hydrogen-bond acceptors (Lipinski definition) is 3. The van der Waals surface area contributed by atoms with Crippen LogP contribution in [0.25, 0.3) is 0 Å². The average Bonchev–Trinajstić information content (AvgIpc) is 2.35. The van der Waals surface area contributed by atoms with Gasteiger partial charge in [-0.15, -0.1) is 0 Å². The summed E-state index contributed by atoms with van der Waals surface area (Å²) in [5.74, 6) is 2.05. The van der Waals surface area contributed by atoms with E-state index in [0.29, 0.717) is 23.3 Å². The van der Waals surface area contributed by atoms with E-state index in [1.807, 2.05) is 31.2 Å². The molecule has 0 radical (unpaired) electrons. The van der Waals surface area contributed by atoms with Crippen LogP contribution < -0.4 is 9.47 Å². The van der Waals surface area contributed by atoms with Gasteiger partial charge in [0.05, 0.1) is 11.6 Å². The van der Waals surface area contributed by atoms with E-state index >= 15 is 0 Å². The van der Waals surface area contributed by atoms with Gasteiger partial charge in [-0.3, -0.25) is 0 Å². The van der Waals surface area contributed by atoms with Crippen molar-refractivity contribution in [1.29, 1.82) is 0 Å². The molecule has 2 aromatic rings. The predicted molar refractivity (Wildman–Crippen MR) is 66.9 cm³/mol. The largest absolute Gasteiger partial charge is 0.494 e. The molecule has 0 saturated carbocycles. The van der Waals surface area contributed by atoms with E-state index in [1.165, 1.54) is 0 Å². The van der Waals surface area contributed by atoms with Crippen LogP contribution in [0.15, 0.2) is 42.6 Å². The van der Waals surface area contributed by atoms with Gasteiger partial charge in [-0.05, 0) is 37.3 Å². The van der Waals surface area contributed by atoms with Crippen LogP contribution >= 0.6 is 11.6 Å². The summed E-state index contributed by atoms with van der Waals surface area (Å²) in [4.78, 5) is 4.05. The zero-order valence-corrected chi connectivity index (χ0v) is 10.1. The summed E-state index contributed by atoms with van der Waals surface area (Å²) in [6.45, 7) is 2.60. The minimum absolute atomic E-state index is 0.513. The van der Waals surface area contributed by atoms with Gasteiger partial charge in [0.1, 0.15) is 11.5 Å². The van der Waals surface area contributed by atoms with E-state index in [0.717, 1.165) is 5.75 Å². The molecular weight excluding hydrogens is 238 g/mol. The van der Waals surface area contributed by atoms with E-state index in [-0.39, 0.29) is 0 Å². The average molecular weight is 250 g/mol. The van der Waals surface area contributed by atoms with Crippen LogP contribution in [0.4, 0.5) is 0 Å². The molecule has 1 heterocycles. The number of aromatic nitrogens is 1. The van der Waals surface area contributed by atoms with E-state index < -0.39 is 0 Å². The first-order valence-electron chi connectivity index (χ1n) is 5.30. The SMILES string of the molecule is CCOc1ccc(Oc2ccc(Cl)cn2)cc1. The molecule has 2 rings (SSSR count). The fraction of sp³-hybridized carbons (Fsp3) is 0.154. The van der Waals surface area contributed by atoms with Gasteiger partial charge >= 0.3 is 0 Å². The summed E-state index contributed by atoms with van der Waals surface area (Å²) in [5.41, 5.74) is 0. The first kappa shape index (κ1) is 11.7. The molecule has 4 heteroatoms. The highest BCUT2D eigenvalue weighted by atomic mass is 35.5. The van der Waals surface area contributed by atoms with Crippen LogP contribution in [0.3, 0.4) is 0 Å². The Morgan fingerprint density at radius 3 is 2.35 bits per heavy atom. The highest BCUT2D eigenvalue weighted by Gasteiger charge is 1.99. The van der Waals surface area contributed by atoms with Gasteiger partial charge < -0.3 is 9.47 Å². The summed E-state index contributed by atoms with van der Waals surface area (Å²) in [6.07, 6.45) is 1.55. The lowest BCUT2D eigenvalue weighted by atomic mass is 10.3. The van der Waals surface area contributed by atoms with E-state index in [1.54, 1.807) is 18.3 Å². The van der Waals surface area contributed by atoms with Gasteiger partial charge in [-0.2, -0.15) is 0 Å². The topological polar surface area (TPSA) is 31.4 Å². The highest BCUT2D eigenvalue weighted by Crippen LogP contribution is 2.23. The van der Waals surface area contributed by atoms with Gasteiger partial charge in [-0.25, -0.2) is 4.98 Å². The highest BCUT2D eigenvalue weighted by molar-refractivity contribution is 6.30. The maximum absolute atomic E-state index is 5.74. The number of hydrogen-bond donors (Lipinski definition) is 0. The Balaban J connectivity index is 2.05. The molecule has 0 aliphatic heterocycles. The van der Waals surface area contributed by atoms with Gasteiger partial charge in [0, 0.05) is 12.3 Å². The van der Waals surface area contributed by atoms with Gasteiger partial charge in [0.15, 0.2) is 0 Å². The Morgan fingerprint density at radius 1 is 1.06 bits per heavy atom. The smallest absolute Gasteiger partial charge is 0.219 e. The molecule has 0 aliphatic carbocycles. The number of rotatable bonds is 4. The normalized spacial score (nSPS) is 10.0. The Bertz CT molecular complexity index is 468. The quantitative estimate of drug-likeness (QED) is 0.823. The summed E-state index contributed by atoms with van der Waals surface area (Å²) in [5, 5.41) is 0.587. The zero-order chi connectivity index (χ0) is 12.1. The maximum atomic E-state index is 5.74. The van der Waals surface area contributed by atoms with Crippen LogP contribution in [0.1, 0.15) is 6.92 Å². The second-order valence-corrected chi connectivity index (χ2v) is 3.76. The first-order chi connectivity index (χ1) is 8.28. The first-order valence-corrected chi connectivity index (χ1v) is 5.68. The third-order valence-corrected chi connectivity index (χ3v) is 2.28. The van der Waals surface area contributed by atoms with Crippen molar-refractivity contribution < 1.29 is 9.47 Å². The molecule has 0 saturated heterocycles. The number of pyridine rings is 1. The Morgan fingerprint density at radius 2 is 1.76 bits per heavy atom. The van der Waals surface area contributed by atoms with Crippen molar-refractivity contribution in [2.45, 2.75) is 6.92 Å². The van der Waals surface area contributed by atoms with Crippen molar-refractivity contribution in [3.63, 3.8) is 0 Å². The molecule has 17 heavy (non-hydrogen) atoms. The van der Waals surface area contributed by atoms with Crippen LogP contribution in [0.2, 0.25) is 5.02 Å². The third-order valence-electron chi connectivity index (χ3n) is 2.06. The fourth-order valence-electron chi connectivity index (χ4n) is 1.31. The molecule has 0 unspecified atom stereocenters. The van der Waals surface area contributed by atoms with Crippen molar-refractivity contribution in [1.82, 2.24) is 4.98 Å². The monoisotopic (exact) mass is 249 g/mol. The van der Waals surface area contributed by atoms with Crippen LogP contribution in [-0.4, -0.2) is 11.6 Å². The standard InChI is InChI=1S/C13H12ClNO2/c1-2-16-11-4-6-12(7-5-11)17-13-8-3-10(14)9-15-13/h3-9H,2H2,1H3. The second-order valence-electron chi connectivity index (χ2n) is 3.32. The molecule has 88 valence electrons. The van der Waals surface area contributed by atoms with Crippen LogP contribution in [0, 0.1) is 0 Å². The summed E-state index contributed by atoms with van der Waals surface area (Å²) in [6, 6.07) is 10.8. The molecule has 1 aromatic carbocycles.